The lowest BCUT2D eigenvalue weighted by atomic mass is 9.95. The van der Waals surface area contributed by atoms with Crippen LogP contribution in [0.4, 0.5) is 5.69 Å². The van der Waals surface area contributed by atoms with Gasteiger partial charge in [0.15, 0.2) is 0 Å². The summed E-state index contributed by atoms with van der Waals surface area (Å²) in [6.45, 7) is 5.02. The van der Waals surface area contributed by atoms with E-state index in [1.54, 1.807) is 12.3 Å². The summed E-state index contributed by atoms with van der Waals surface area (Å²) in [5.74, 6) is -0.624. The number of hydrogen-bond donors (Lipinski definition) is 1. The largest absolute Gasteiger partial charge is 0.480 e. The van der Waals surface area contributed by atoms with Gasteiger partial charge in [0.2, 0.25) is 0 Å². The Kier molecular flexibility index (Phi) is 5.21. The topological polar surface area (TPSA) is 70.7 Å². The molecule has 3 rings (SSSR count). The number of aliphatic imine (C=N–C) groups is 1. The third kappa shape index (κ3) is 3.69. The lowest BCUT2D eigenvalue weighted by Gasteiger charge is -2.27. The van der Waals surface area contributed by atoms with Crippen LogP contribution in [0.3, 0.4) is 0 Å². The molecule has 1 aromatic carbocycles. The van der Waals surface area contributed by atoms with Gasteiger partial charge in [-0.05, 0) is 23.6 Å². The molecule has 0 saturated carbocycles. The number of rotatable bonds is 5. The van der Waals surface area contributed by atoms with E-state index in [4.69, 9.17) is 0 Å². The SMILES string of the molecule is CC(C)C(c1ccc(N=C2C(C(=O)O)C=CCN2C)cc1)n1ccnc1. The molecule has 1 aromatic heterocycles. The molecule has 26 heavy (non-hydrogen) atoms. The molecule has 0 fully saturated rings. The van der Waals surface area contributed by atoms with Gasteiger partial charge in [0.25, 0.3) is 0 Å². The summed E-state index contributed by atoms with van der Waals surface area (Å²) < 4.78 is 2.10. The van der Waals surface area contributed by atoms with E-state index in [1.165, 1.54) is 5.56 Å². The molecule has 0 bridgehead atoms. The van der Waals surface area contributed by atoms with Crippen LogP contribution >= 0.6 is 0 Å². The quantitative estimate of drug-likeness (QED) is 0.838. The lowest BCUT2D eigenvalue weighted by molar-refractivity contribution is -0.138. The second-order valence-electron chi connectivity index (χ2n) is 6.88. The Balaban J connectivity index is 1.89. The average Bonchev–Trinajstić information content (AvgIpc) is 3.12. The van der Waals surface area contributed by atoms with Crippen LogP contribution in [0.2, 0.25) is 0 Å². The van der Waals surface area contributed by atoms with Crippen molar-refractivity contribution in [3.05, 3.63) is 60.7 Å². The Morgan fingerprint density at radius 2 is 2.04 bits per heavy atom. The first-order valence-electron chi connectivity index (χ1n) is 8.74. The third-order valence-electron chi connectivity index (χ3n) is 4.60. The fraction of sp³-hybridized carbons (Fsp3) is 0.350. The molecule has 1 N–H and O–H groups in total. The normalized spacial score (nSPS) is 19.9. The molecule has 0 radical (unpaired) electrons. The van der Waals surface area contributed by atoms with Gasteiger partial charge < -0.3 is 14.6 Å². The fourth-order valence-corrected chi connectivity index (χ4v) is 3.33. The average molecular weight is 352 g/mol. The highest BCUT2D eigenvalue weighted by Crippen LogP contribution is 2.28. The van der Waals surface area contributed by atoms with Gasteiger partial charge in [0.1, 0.15) is 11.8 Å². The van der Waals surface area contributed by atoms with Gasteiger partial charge >= 0.3 is 5.97 Å². The highest BCUT2D eigenvalue weighted by molar-refractivity contribution is 6.03. The maximum Gasteiger partial charge on any atom is 0.318 e. The smallest absolute Gasteiger partial charge is 0.318 e. The highest BCUT2D eigenvalue weighted by atomic mass is 16.4. The summed E-state index contributed by atoms with van der Waals surface area (Å²) in [5, 5.41) is 9.42. The molecular weight excluding hydrogens is 328 g/mol. The minimum atomic E-state index is -0.886. The van der Waals surface area contributed by atoms with Gasteiger partial charge in [-0.2, -0.15) is 0 Å². The zero-order valence-corrected chi connectivity index (χ0v) is 15.3. The molecule has 2 aromatic rings. The Labute approximate surface area is 153 Å². The van der Waals surface area contributed by atoms with Gasteiger partial charge in [-0.1, -0.05) is 38.1 Å². The summed E-state index contributed by atoms with van der Waals surface area (Å²) in [5.41, 5.74) is 1.93. The number of aromatic nitrogens is 2. The predicted octanol–water partition coefficient (Wildman–Crippen LogP) is 3.36. The number of imidazole rings is 1. The van der Waals surface area contributed by atoms with Crippen molar-refractivity contribution in [2.75, 3.05) is 13.6 Å². The Hall–Kier alpha value is -2.89. The Bertz CT molecular complexity index is 807. The van der Waals surface area contributed by atoms with E-state index >= 15 is 0 Å². The number of benzene rings is 1. The number of carboxylic acids is 1. The first-order chi connectivity index (χ1) is 12.5. The molecule has 6 nitrogen and oxygen atoms in total. The Morgan fingerprint density at radius 3 is 2.62 bits per heavy atom. The van der Waals surface area contributed by atoms with E-state index in [-0.39, 0.29) is 6.04 Å². The Morgan fingerprint density at radius 1 is 1.31 bits per heavy atom. The molecule has 0 amide bonds. The molecule has 0 saturated heterocycles. The number of aliphatic carboxylic acids is 1. The molecule has 1 aliphatic heterocycles. The van der Waals surface area contributed by atoms with E-state index in [0.717, 1.165) is 5.69 Å². The fourth-order valence-electron chi connectivity index (χ4n) is 3.33. The van der Waals surface area contributed by atoms with Crippen LogP contribution in [-0.2, 0) is 4.79 Å². The maximum absolute atomic E-state index is 11.5. The number of carboxylic acid groups (broad SMARTS) is 1. The zero-order valence-electron chi connectivity index (χ0n) is 15.3. The summed E-state index contributed by atoms with van der Waals surface area (Å²) >= 11 is 0. The van der Waals surface area contributed by atoms with Crippen LogP contribution in [-0.4, -0.2) is 45.0 Å². The van der Waals surface area contributed by atoms with Crippen molar-refractivity contribution in [1.29, 1.82) is 0 Å². The van der Waals surface area contributed by atoms with Crippen molar-refractivity contribution in [3.63, 3.8) is 0 Å². The van der Waals surface area contributed by atoms with Crippen LogP contribution in [0.1, 0.15) is 25.5 Å². The maximum atomic E-state index is 11.5. The van der Waals surface area contributed by atoms with Crippen molar-refractivity contribution >= 4 is 17.5 Å². The van der Waals surface area contributed by atoms with E-state index in [0.29, 0.717) is 18.3 Å². The van der Waals surface area contributed by atoms with E-state index < -0.39 is 11.9 Å². The summed E-state index contributed by atoms with van der Waals surface area (Å²) in [4.78, 5) is 22.1. The van der Waals surface area contributed by atoms with Crippen molar-refractivity contribution in [2.45, 2.75) is 19.9 Å². The van der Waals surface area contributed by atoms with E-state index in [1.807, 2.05) is 42.7 Å². The van der Waals surface area contributed by atoms with E-state index in [2.05, 4.69) is 40.5 Å². The monoisotopic (exact) mass is 352 g/mol. The molecule has 0 aliphatic carbocycles. The van der Waals surface area contributed by atoms with Crippen molar-refractivity contribution in [2.24, 2.45) is 16.8 Å². The first-order valence-corrected chi connectivity index (χ1v) is 8.74. The van der Waals surface area contributed by atoms with Crippen LogP contribution < -0.4 is 0 Å². The van der Waals surface area contributed by atoms with Gasteiger partial charge in [0, 0.05) is 26.0 Å². The molecule has 136 valence electrons. The standard InChI is InChI=1S/C20H24N4O2/c1-14(2)18(24-12-10-21-13-24)15-6-8-16(9-7-15)22-19-17(20(25)26)5-4-11-23(19)3/h4-10,12-14,17-18H,11H2,1-3H3,(H,25,26). The van der Waals surface area contributed by atoms with Gasteiger partial charge in [-0.25, -0.2) is 9.98 Å². The van der Waals surface area contributed by atoms with Gasteiger partial charge in [0.05, 0.1) is 18.1 Å². The number of amidine groups is 1. The van der Waals surface area contributed by atoms with Crippen LogP contribution in [0.25, 0.3) is 0 Å². The predicted molar refractivity (Wildman–Crippen MR) is 102 cm³/mol. The molecule has 1 aliphatic rings. The second kappa shape index (κ2) is 7.56. The number of nitrogens with zero attached hydrogens (tertiary/aromatic N) is 4. The summed E-state index contributed by atoms with van der Waals surface area (Å²) in [6, 6.07) is 8.20. The van der Waals surface area contributed by atoms with E-state index in [9.17, 15) is 9.90 Å². The minimum absolute atomic E-state index is 0.200. The van der Waals surface area contributed by atoms with Crippen molar-refractivity contribution in [3.8, 4) is 0 Å². The summed E-state index contributed by atoms with van der Waals surface area (Å²) in [6.07, 6.45) is 9.15. The third-order valence-corrected chi connectivity index (χ3v) is 4.60. The van der Waals surface area contributed by atoms with Crippen LogP contribution in [0.15, 0.2) is 60.1 Å². The number of hydrogen-bond acceptors (Lipinski definition) is 3. The van der Waals surface area contributed by atoms with Crippen molar-refractivity contribution < 1.29 is 9.90 Å². The second-order valence-corrected chi connectivity index (χ2v) is 6.88. The molecule has 0 spiro atoms. The molecule has 2 unspecified atom stereocenters. The first kappa shape index (κ1) is 17.9. The van der Waals surface area contributed by atoms with Crippen molar-refractivity contribution in [1.82, 2.24) is 14.5 Å². The number of carbonyl (C=O) groups is 1. The van der Waals surface area contributed by atoms with Gasteiger partial charge in [-0.3, -0.25) is 4.79 Å². The molecule has 2 atom stereocenters. The minimum Gasteiger partial charge on any atom is -0.480 e. The lowest BCUT2D eigenvalue weighted by Crippen LogP contribution is -2.39. The molecular formula is C20H24N4O2. The molecule has 2 heterocycles. The highest BCUT2D eigenvalue weighted by Gasteiger charge is 2.27. The number of likely N-dealkylation sites (N-methyl/N-ethyl adjacent to an activating group) is 1. The zero-order chi connectivity index (χ0) is 18.7. The van der Waals surface area contributed by atoms with Gasteiger partial charge in [-0.15, -0.1) is 0 Å². The van der Waals surface area contributed by atoms with Crippen LogP contribution in [0, 0.1) is 11.8 Å². The van der Waals surface area contributed by atoms with Crippen LogP contribution in [0.5, 0.6) is 0 Å². The molecule has 6 heteroatoms. The summed E-state index contributed by atoms with van der Waals surface area (Å²) in [7, 11) is 1.86.